The summed E-state index contributed by atoms with van der Waals surface area (Å²) >= 11 is 0. The van der Waals surface area contributed by atoms with Crippen LogP contribution >= 0.6 is 0 Å². The minimum Gasteiger partial charge on any atom is -0.494 e. The van der Waals surface area contributed by atoms with Crippen molar-refractivity contribution in [3.05, 3.63) is 29.3 Å². The van der Waals surface area contributed by atoms with E-state index in [1.54, 1.807) is 0 Å². The molecule has 1 saturated heterocycles. The zero-order valence-electron chi connectivity index (χ0n) is 13.9. The third kappa shape index (κ3) is 5.02. The molecule has 0 bridgehead atoms. The Balaban J connectivity index is 1.80. The van der Waals surface area contributed by atoms with Gasteiger partial charge in [-0.25, -0.2) is 0 Å². The fourth-order valence-corrected chi connectivity index (χ4v) is 2.90. The van der Waals surface area contributed by atoms with Crippen LogP contribution in [0.2, 0.25) is 0 Å². The van der Waals surface area contributed by atoms with E-state index in [1.807, 2.05) is 32.0 Å². The van der Waals surface area contributed by atoms with E-state index < -0.39 is 0 Å². The highest BCUT2D eigenvalue weighted by Crippen LogP contribution is 2.19. The van der Waals surface area contributed by atoms with E-state index >= 15 is 0 Å². The second kappa shape index (κ2) is 8.79. The fraction of sp³-hybridized carbons (Fsp3) is 0.611. The Bertz CT molecular complexity index is 480. The molecule has 1 aromatic rings. The summed E-state index contributed by atoms with van der Waals surface area (Å²) in [6, 6.07) is 5.61. The molecule has 122 valence electrons. The number of rotatable bonds is 6. The van der Waals surface area contributed by atoms with E-state index in [-0.39, 0.29) is 5.91 Å². The van der Waals surface area contributed by atoms with Crippen molar-refractivity contribution in [3.63, 3.8) is 0 Å². The van der Waals surface area contributed by atoms with Gasteiger partial charge in [-0.15, -0.1) is 0 Å². The lowest BCUT2D eigenvalue weighted by Gasteiger charge is -2.19. The number of amides is 1. The third-order valence-corrected chi connectivity index (χ3v) is 4.15. The Morgan fingerprint density at radius 1 is 1.23 bits per heavy atom. The van der Waals surface area contributed by atoms with Gasteiger partial charge in [0, 0.05) is 18.7 Å². The molecule has 0 radical (unpaired) electrons. The van der Waals surface area contributed by atoms with Crippen LogP contribution in [0, 0.1) is 6.92 Å². The quantitative estimate of drug-likeness (QED) is 0.878. The first-order valence-electron chi connectivity index (χ1n) is 8.44. The van der Waals surface area contributed by atoms with Gasteiger partial charge in [-0.2, -0.15) is 0 Å². The Kier molecular flexibility index (Phi) is 6.72. The predicted octanol–water partition coefficient (Wildman–Crippen LogP) is 3.00. The molecule has 0 atom stereocenters. The van der Waals surface area contributed by atoms with Crippen molar-refractivity contribution in [2.45, 2.75) is 39.5 Å². The van der Waals surface area contributed by atoms with Gasteiger partial charge in [-0.3, -0.25) is 4.79 Å². The average molecular weight is 304 g/mol. The number of ether oxygens (including phenoxy) is 1. The number of nitrogens with one attached hydrogen (secondary N) is 1. The summed E-state index contributed by atoms with van der Waals surface area (Å²) in [5.41, 5.74) is 1.71. The van der Waals surface area contributed by atoms with Crippen molar-refractivity contribution < 1.29 is 9.53 Å². The first kappa shape index (κ1) is 16.8. The molecule has 1 heterocycles. The van der Waals surface area contributed by atoms with Gasteiger partial charge in [0.05, 0.1) is 6.61 Å². The van der Waals surface area contributed by atoms with Crippen molar-refractivity contribution in [1.82, 2.24) is 10.2 Å². The van der Waals surface area contributed by atoms with Crippen LogP contribution in [-0.2, 0) is 0 Å². The predicted molar refractivity (Wildman–Crippen MR) is 89.6 cm³/mol. The Morgan fingerprint density at radius 3 is 2.59 bits per heavy atom. The smallest absolute Gasteiger partial charge is 0.251 e. The van der Waals surface area contributed by atoms with Crippen LogP contribution in [0.3, 0.4) is 0 Å². The summed E-state index contributed by atoms with van der Waals surface area (Å²) in [5, 5.41) is 3.02. The van der Waals surface area contributed by atoms with Gasteiger partial charge in [0.25, 0.3) is 5.91 Å². The summed E-state index contributed by atoms with van der Waals surface area (Å²) in [6.45, 7) is 8.56. The lowest BCUT2D eigenvalue weighted by Crippen LogP contribution is -2.35. The first-order valence-corrected chi connectivity index (χ1v) is 8.44. The molecule has 1 N–H and O–H groups in total. The van der Waals surface area contributed by atoms with E-state index in [0.717, 1.165) is 30.9 Å². The maximum Gasteiger partial charge on any atom is 0.251 e. The lowest BCUT2D eigenvalue weighted by atomic mass is 10.1. The van der Waals surface area contributed by atoms with E-state index in [4.69, 9.17) is 4.74 Å². The van der Waals surface area contributed by atoms with Crippen LogP contribution in [0.25, 0.3) is 0 Å². The number of hydrogen-bond donors (Lipinski definition) is 1. The molecule has 22 heavy (non-hydrogen) atoms. The molecule has 0 saturated carbocycles. The lowest BCUT2D eigenvalue weighted by molar-refractivity contribution is 0.0948. The van der Waals surface area contributed by atoms with E-state index in [0.29, 0.717) is 18.7 Å². The molecular formula is C18H28N2O2. The van der Waals surface area contributed by atoms with Gasteiger partial charge >= 0.3 is 0 Å². The summed E-state index contributed by atoms with van der Waals surface area (Å²) in [5.74, 6) is 0.851. The third-order valence-electron chi connectivity index (χ3n) is 4.15. The zero-order chi connectivity index (χ0) is 15.8. The van der Waals surface area contributed by atoms with Gasteiger partial charge in [-0.05, 0) is 63.5 Å². The van der Waals surface area contributed by atoms with Crippen LogP contribution in [0.1, 0.15) is 48.5 Å². The topological polar surface area (TPSA) is 41.6 Å². The fourth-order valence-electron chi connectivity index (χ4n) is 2.90. The molecule has 0 unspecified atom stereocenters. The van der Waals surface area contributed by atoms with E-state index in [2.05, 4.69) is 10.2 Å². The van der Waals surface area contributed by atoms with Crippen LogP contribution < -0.4 is 10.1 Å². The summed E-state index contributed by atoms with van der Waals surface area (Å²) < 4.78 is 5.51. The maximum atomic E-state index is 12.2. The highest BCUT2D eigenvalue weighted by Gasteiger charge is 2.11. The second-order valence-corrected chi connectivity index (χ2v) is 5.93. The molecule has 1 aromatic carbocycles. The van der Waals surface area contributed by atoms with Gasteiger partial charge < -0.3 is 15.0 Å². The van der Waals surface area contributed by atoms with Crippen molar-refractivity contribution in [2.24, 2.45) is 0 Å². The van der Waals surface area contributed by atoms with Crippen molar-refractivity contribution >= 4 is 5.91 Å². The van der Waals surface area contributed by atoms with Crippen LogP contribution in [-0.4, -0.2) is 43.6 Å². The Labute approximate surface area is 133 Å². The summed E-state index contributed by atoms with van der Waals surface area (Å²) in [7, 11) is 0. The number of aryl methyl sites for hydroxylation is 1. The van der Waals surface area contributed by atoms with E-state index in [9.17, 15) is 4.79 Å². The van der Waals surface area contributed by atoms with E-state index in [1.165, 1.54) is 25.7 Å². The number of carbonyl (C=O) groups excluding carboxylic acids is 1. The molecule has 0 aliphatic carbocycles. The molecule has 2 rings (SSSR count). The molecular weight excluding hydrogens is 276 g/mol. The van der Waals surface area contributed by atoms with Gasteiger partial charge in [0.1, 0.15) is 5.75 Å². The molecule has 0 aromatic heterocycles. The molecule has 1 aliphatic rings. The largest absolute Gasteiger partial charge is 0.494 e. The average Bonchev–Trinajstić information content (AvgIpc) is 2.78. The molecule has 4 heteroatoms. The van der Waals surface area contributed by atoms with Crippen LogP contribution in [0.15, 0.2) is 18.2 Å². The summed E-state index contributed by atoms with van der Waals surface area (Å²) in [6.07, 6.45) is 5.25. The van der Waals surface area contributed by atoms with Gasteiger partial charge in [0.2, 0.25) is 0 Å². The first-order chi connectivity index (χ1) is 10.7. The Hall–Kier alpha value is -1.55. The number of likely N-dealkylation sites (tertiary alicyclic amines) is 1. The maximum absolute atomic E-state index is 12.2. The van der Waals surface area contributed by atoms with Crippen LogP contribution in [0.5, 0.6) is 5.75 Å². The number of carbonyl (C=O) groups is 1. The SMILES string of the molecule is CCOc1ccc(C(=O)NCCN2CCCCCC2)cc1C. The van der Waals surface area contributed by atoms with Crippen molar-refractivity contribution in [3.8, 4) is 5.75 Å². The van der Waals surface area contributed by atoms with Crippen molar-refractivity contribution in [2.75, 3.05) is 32.8 Å². The number of hydrogen-bond acceptors (Lipinski definition) is 3. The minimum absolute atomic E-state index is 0.000899. The zero-order valence-corrected chi connectivity index (χ0v) is 13.9. The molecule has 1 aliphatic heterocycles. The highest BCUT2D eigenvalue weighted by molar-refractivity contribution is 5.94. The Morgan fingerprint density at radius 2 is 1.95 bits per heavy atom. The number of nitrogens with zero attached hydrogens (tertiary/aromatic N) is 1. The standard InChI is InChI=1S/C18H28N2O2/c1-3-22-17-9-8-16(14-15(17)2)18(21)19-10-13-20-11-6-4-5-7-12-20/h8-9,14H,3-7,10-13H2,1-2H3,(H,19,21). The molecule has 4 nitrogen and oxygen atoms in total. The molecule has 1 amide bonds. The van der Waals surface area contributed by atoms with Gasteiger partial charge in [-0.1, -0.05) is 12.8 Å². The minimum atomic E-state index is 0.000899. The van der Waals surface area contributed by atoms with Gasteiger partial charge in [0.15, 0.2) is 0 Å². The normalized spacial score (nSPS) is 16.1. The molecule has 0 spiro atoms. The highest BCUT2D eigenvalue weighted by atomic mass is 16.5. The number of benzene rings is 1. The van der Waals surface area contributed by atoms with Crippen LogP contribution in [0.4, 0.5) is 0 Å². The second-order valence-electron chi connectivity index (χ2n) is 5.93. The van der Waals surface area contributed by atoms with Crippen molar-refractivity contribution in [1.29, 1.82) is 0 Å². The summed E-state index contributed by atoms with van der Waals surface area (Å²) in [4.78, 5) is 14.7. The molecule has 1 fully saturated rings. The monoisotopic (exact) mass is 304 g/mol.